The van der Waals surface area contributed by atoms with Crippen molar-refractivity contribution in [3.05, 3.63) is 29.6 Å². The Hall–Kier alpha value is -2.78. The van der Waals surface area contributed by atoms with Crippen LogP contribution >= 0.6 is 0 Å². The van der Waals surface area contributed by atoms with Gasteiger partial charge in [-0.25, -0.2) is 4.98 Å². The number of ether oxygens (including phenoxy) is 15. The minimum absolute atomic E-state index is 0.120. The SMILES string of the molecule is OC[C@H]1O[C@@H]2O[C@H]3[C@H](O)[C@@H](O)[C@@H](O[C@H]4[C@H](O)[C@@H](O)[C@@H](O[C@H]5[C@H](O)[C@@H](OCc6cccc(/C=N/O)n6)[C@@H](O[C@H]6[C@H](O)[C@@H](O)[C@@H](O[C@H]7[C@H](O)[C@@H](O)[C@@H](O[C@H]8[C@H](O)[C@@H](O)[C@@H](O[C@H]1[C@H](O)[C@H]2O)O[C@@H]8CO)O[C@@H]7CO)O[C@@H]6CO)O[C@@H]5CO)O[C@@H]4CO)O[C@@H]3CO. The third-order valence-electron chi connectivity index (χ3n) is 16.2. The lowest BCUT2D eigenvalue weighted by atomic mass is 9.95. The van der Waals surface area contributed by atoms with E-state index >= 15 is 0 Å². The zero-order valence-corrected chi connectivity index (χ0v) is 45.6. The van der Waals surface area contributed by atoms with Gasteiger partial charge in [0.1, 0.15) is 171 Å². The Morgan fingerprint density at radius 3 is 0.828 bits per heavy atom. The van der Waals surface area contributed by atoms with Gasteiger partial charge in [-0.1, -0.05) is 11.2 Å². The molecular weight excluding hydrogens is 1190 g/mol. The lowest BCUT2D eigenvalue weighted by Gasteiger charge is -2.50. The van der Waals surface area contributed by atoms with Crippen molar-refractivity contribution in [3.8, 4) is 0 Å². The van der Waals surface area contributed by atoms with E-state index in [1.54, 1.807) is 0 Å². The van der Waals surface area contributed by atoms with Crippen molar-refractivity contribution in [2.24, 2.45) is 5.16 Å². The molecule has 1 aromatic heterocycles. The molecule has 0 radical (unpaired) electrons. The summed E-state index contributed by atoms with van der Waals surface area (Å²) in [5.41, 5.74) is 0.250. The monoisotopic (exact) mass is 1270 g/mol. The number of hydrogen-bond acceptors (Lipinski definition) is 38. The number of rotatable bonds is 11. The van der Waals surface area contributed by atoms with Gasteiger partial charge in [-0.05, 0) is 12.1 Å². The molecule has 0 aliphatic carbocycles. The van der Waals surface area contributed by atoms with Crippen molar-refractivity contribution < 1.29 is 178 Å². The molecule has 21 aliphatic rings. The molecule has 21 fully saturated rings. The normalized spacial score (nSPS) is 50.4. The standard InChI is InChI=1S/C49H76N2O36/c52-5-15-35-22(59)28(65)44(74-15)82-37-17(7-54)76-46(30(67)24(37)61)84-39-19(9-56)78-48(32(69)26(39)63)86-41-21(11-58)80-49(42(34(41)71)73-12-14-3-1-2-13(51-14)4-50-72)87-40-20(10-57)79-47(33(70)27(40)64)85-38-18(8-55)77-45(31(68)25(38)62)83-36-16(6-53)75-43(81-35)29(66)23(36)60/h1-4,15-49,52-72H,5-12H2/b50-4+/t15-,16-,17-,18-,19-,20-,21-,22-,23-,24-,25-,26-,27-,28-,29-,30-,31-,32-,33-,34+,35-,36-,37-,38-,39-,40-,41-,42-,43-,44-,45-,46-,47-,48-,49-/m1/s1. The molecule has 21 saturated heterocycles. The minimum Gasteiger partial charge on any atom is -0.411 e. The molecule has 35 atom stereocenters. The van der Waals surface area contributed by atoms with Crippen LogP contribution in [0.4, 0.5) is 0 Å². The predicted molar refractivity (Wildman–Crippen MR) is 265 cm³/mol. The van der Waals surface area contributed by atoms with E-state index in [9.17, 15) is 102 Å². The van der Waals surface area contributed by atoms with Gasteiger partial charge in [0.05, 0.1) is 70.5 Å². The maximum absolute atomic E-state index is 12.2. The number of oxime groups is 1. The summed E-state index contributed by atoms with van der Waals surface area (Å²) >= 11 is 0. The van der Waals surface area contributed by atoms with Crippen molar-refractivity contribution in [1.29, 1.82) is 0 Å². The van der Waals surface area contributed by atoms with E-state index in [0.717, 1.165) is 6.21 Å². The number of aliphatic hydroxyl groups is 20. The lowest BCUT2D eigenvalue weighted by Crippen LogP contribution is -2.68. The lowest BCUT2D eigenvalue weighted by molar-refractivity contribution is -0.398. The molecule has 0 amide bonds. The van der Waals surface area contributed by atoms with Crippen LogP contribution in [0.5, 0.6) is 0 Å². The summed E-state index contributed by atoms with van der Waals surface area (Å²) in [7, 11) is 0. The number of pyridine rings is 1. The van der Waals surface area contributed by atoms with Crippen molar-refractivity contribution in [1.82, 2.24) is 4.98 Å². The van der Waals surface area contributed by atoms with Crippen molar-refractivity contribution in [3.63, 3.8) is 0 Å². The molecule has 38 heteroatoms. The highest BCUT2D eigenvalue weighted by Crippen LogP contribution is 2.39. The summed E-state index contributed by atoms with van der Waals surface area (Å²) in [5.74, 6) is 0. The number of aromatic nitrogens is 1. The molecule has 38 nitrogen and oxygen atoms in total. The van der Waals surface area contributed by atoms with Gasteiger partial charge in [0.25, 0.3) is 0 Å². The Morgan fingerprint density at radius 1 is 0.333 bits per heavy atom. The van der Waals surface area contributed by atoms with Crippen LogP contribution in [0.2, 0.25) is 0 Å². The van der Waals surface area contributed by atoms with Crippen LogP contribution in [0.1, 0.15) is 11.4 Å². The molecule has 0 saturated carbocycles. The zero-order valence-electron chi connectivity index (χ0n) is 45.6. The van der Waals surface area contributed by atoms with E-state index in [0.29, 0.717) is 0 Å². The molecule has 87 heavy (non-hydrogen) atoms. The number of aliphatic hydroxyl groups excluding tert-OH is 20. The molecule has 0 unspecified atom stereocenters. The zero-order chi connectivity index (χ0) is 62.9. The fourth-order valence-corrected chi connectivity index (χ4v) is 11.5. The third-order valence-corrected chi connectivity index (χ3v) is 16.2. The maximum atomic E-state index is 12.2. The topological polar surface area (TPSA) is 589 Å². The van der Waals surface area contributed by atoms with E-state index < -0.39 is 268 Å². The molecule has 0 spiro atoms. The summed E-state index contributed by atoms with van der Waals surface area (Å²) in [6, 6.07) is 4.39. The average Bonchev–Trinajstić information content (AvgIpc) is 3.71. The highest BCUT2D eigenvalue weighted by Gasteiger charge is 2.60. The first-order valence-corrected chi connectivity index (χ1v) is 27.7. The fourth-order valence-electron chi connectivity index (χ4n) is 11.5. The predicted octanol–water partition coefficient (Wildman–Crippen LogP) is -13.8. The number of nitrogens with zero attached hydrogens (tertiary/aromatic N) is 2. The fraction of sp³-hybridized carbons (Fsp3) is 0.878. The largest absolute Gasteiger partial charge is 0.411 e. The smallest absolute Gasteiger partial charge is 0.187 e. The first-order valence-electron chi connectivity index (χ1n) is 27.7. The molecule has 1 aromatic rings. The summed E-state index contributed by atoms with van der Waals surface area (Å²) in [6.07, 6.45) is -69.4. The number of hydrogen-bond donors (Lipinski definition) is 21. The molecule has 21 N–H and O–H groups in total. The Balaban J connectivity index is 1.03. The Kier molecular flexibility index (Phi) is 23.6. The van der Waals surface area contributed by atoms with Crippen LogP contribution < -0.4 is 0 Å². The Labute approximate surface area is 491 Å². The van der Waals surface area contributed by atoms with Crippen LogP contribution in [0, 0.1) is 0 Å². The highest BCUT2D eigenvalue weighted by molar-refractivity contribution is 5.76. The first-order chi connectivity index (χ1) is 41.6. The van der Waals surface area contributed by atoms with E-state index in [2.05, 4.69) is 10.1 Å². The van der Waals surface area contributed by atoms with Crippen LogP contribution in [-0.2, 0) is 77.7 Å². The Bertz CT molecular complexity index is 2320. The van der Waals surface area contributed by atoms with E-state index in [-0.39, 0.29) is 11.4 Å². The van der Waals surface area contributed by atoms with Crippen molar-refractivity contribution in [2.75, 3.05) is 46.2 Å². The molecule has 22 heterocycles. The first kappa shape index (κ1) is 68.6. The van der Waals surface area contributed by atoms with Crippen LogP contribution in [0.25, 0.3) is 0 Å². The third kappa shape index (κ3) is 14.1. The molecular formula is C49H76N2O36. The summed E-state index contributed by atoms with van der Waals surface area (Å²) in [4.78, 5) is 4.25. The molecule has 22 rings (SSSR count). The van der Waals surface area contributed by atoms with Gasteiger partial charge in [-0.3, -0.25) is 0 Å². The average molecular weight is 1270 g/mol. The molecule has 21 aliphatic heterocycles. The van der Waals surface area contributed by atoms with Crippen molar-refractivity contribution >= 4 is 6.21 Å². The Morgan fingerprint density at radius 2 is 0.575 bits per heavy atom. The second-order valence-electron chi connectivity index (χ2n) is 21.7. The van der Waals surface area contributed by atoms with Gasteiger partial charge in [-0.2, -0.15) is 0 Å². The quantitative estimate of drug-likeness (QED) is 0.0556. The van der Waals surface area contributed by atoms with E-state index in [4.69, 9.17) is 76.3 Å². The minimum atomic E-state index is -2.24. The van der Waals surface area contributed by atoms with Gasteiger partial charge < -0.3 is 178 Å². The van der Waals surface area contributed by atoms with Crippen LogP contribution in [0.3, 0.4) is 0 Å². The van der Waals surface area contributed by atoms with E-state index in [1.165, 1.54) is 18.2 Å². The second-order valence-corrected chi connectivity index (χ2v) is 21.7. The summed E-state index contributed by atoms with van der Waals surface area (Å²) in [6.45, 7) is -7.95. The van der Waals surface area contributed by atoms with Crippen LogP contribution in [0.15, 0.2) is 23.4 Å². The van der Waals surface area contributed by atoms with Gasteiger partial charge in [0.15, 0.2) is 44.0 Å². The van der Waals surface area contributed by atoms with Gasteiger partial charge >= 0.3 is 0 Å². The van der Waals surface area contributed by atoms with Gasteiger partial charge in [0.2, 0.25) is 0 Å². The molecule has 14 bridgehead atoms. The summed E-state index contributed by atoms with van der Waals surface area (Å²) < 4.78 is 87.5. The van der Waals surface area contributed by atoms with Gasteiger partial charge in [-0.15, -0.1) is 0 Å². The summed E-state index contributed by atoms with van der Waals surface area (Å²) in [5, 5.41) is 236. The van der Waals surface area contributed by atoms with Crippen LogP contribution in [-0.4, -0.2) is 380 Å². The molecule has 498 valence electrons. The maximum Gasteiger partial charge on any atom is 0.187 e. The second kappa shape index (κ2) is 29.9. The highest BCUT2D eigenvalue weighted by atomic mass is 16.8. The van der Waals surface area contributed by atoms with Crippen molar-refractivity contribution in [2.45, 2.75) is 222 Å². The molecule has 0 aromatic carbocycles. The van der Waals surface area contributed by atoms with E-state index in [1.807, 2.05) is 0 Å². The van der Waals surface area contributed by atoms with Gasteiger partial charge in [0, 0.05) is 0 Å².